The van der Waals surface area contributed by atoms with Gasteiger partial charge < -0.3 is 10.4 Å². The number of aromatic nitrogens is 4. The van der Waals surface area contributed by atoms with Gasteiger partial charge in [-0.1, -0.05) is 0 Å². The molecule has 2 aromatic heterocycles. The van der Waals surface area contributed by atoms with Crippen LogP contribution in [0.4, 0.5) is 5.95 Å². The molecule has 14 heavy (non-hydrogen) atoms. The molecule has 2 heterocycles. The van der Waals surface area contributed by atoms with Crippen molar-refractivity contribution in [3.05, 3.63) is 11.9 Å². The van der Waals surface area contributed by atoms with Crippen molar-refractivity contribution < 1.29 is 5.11 Å². The number of nitrogens with one attached hydrogen (secondary N) is 2. The fourth-order valence-corrected chi connectivity index (χ4v) is 1.17. The van der Waals surface area contributed by atoms with Crippen molar-refractivity contribution in [3.63, 3.8) is 0 Å². The van der Waals surface area contributed by atoms with E-state index >= 15 is 0 Å². The molecule has 2 aromatic rings. The van der Waals surface area contributed by atoms with Crippen LogP contribution in [0.2, 0.25) is 0 Å². The molecule has 0 atom stereocenters. The lowest BCUT2D eigenvalue weighted by Crippen LogP contribution is -2.08. The van der Waals surface area contributed by atoms with Crippen LogP contribution in [0, 0.1) is 6.92 Å². The van der Waals surface area contributed by atoms with E-state index in [-0.39, 0.29) is 6.61 Å². The van der Waals surface area contributed by atoms with Gasteiger partial charge in [0.15, 0.2) is 5.65 Å². The first-order valence-electron chi connectivity index (χ1n) is 4.33. The van der Waals surface area contributed by atoms with Crippen LogP contribution < -0.4 is 5.32 Å². The predicted octanol–water partition coefficient (Wildman–Crippen LogP) is 0.0655. The normalized spacial score (nSPS) is 10.7. The lowest BCUT2D eigenvalue weighted by Gasteiger charge is -2.00. The second-order valence-electron chi connectivity index (χ2n) is 2.93. The second kappa shape index (κ2) is 3.59. The van der Waals surface area contributed by atoms with Gasteiger partial charge in [-0.3, -0.25) is 5.10 Å². The zero-order valence-corrected chi connectivity index (χ0v) is 7.78. The zero-order chi connectivity index (χ0) is 9.97. The third-order valence-corrected chi connectivity index (χ3v) is 1.90. The van der Waals surface area contributed by atoms with E-state index in [0.29, 0.717) is 18.1 Å². The summed E-state index contributed by atoms with van der Waals surface area (Å²) in [6, 6.07) is 0. The average molecular weight is 193 g/mol. The lowest BCUT2D eigenvalue weighted by atomic mass is 10.3. The summed E-state index contributed by atoms with van der Waals surface area (Å²) >= 11 is 0. The topological polar surface area (TPSA) is 86.7 Å². The maximum Gasteiger partial charge on any atom is 0.224 e. The zero-order valence-electron chi connectivity index (χ0n) is 7.78. The predicted molar refractivity (Wildman–Crippen MR) is 52.0 cm³/mol. The first-order chi connectivity index (χ1) is 6.81. The highest BCUT2D eigenvalue weighted by atomic mass is 16.3. The largest absolute Gasteiger partial charge is 0.395 e. The van der Waals surface area contributed by atoms with Gasteiger partial charge in [0.05, 0.1) is 12.0 Å². The van der Waals surface area contributed by atoms with Crippen molar-refractivity contribution >= 4 is 17.0 Å². The summed E-state index contributed by atoms with van der Waals surface area (Å²) in [4.78, 5) is 8.24. The van der Waals surface area contributed by atoms with E-state index in [1.807, 2.05) is 6.92 Å². The van der Waals surface area contributed by atoms with Crippen LogP contribution in [-0.2, 0) is 0 Å². The van der Waals surface area contributed by atoms with Gasteiger partial charge in [0, 0.05) is 18.4 Å². The summed E-state index contributed by atoms with van der Waals surface area (Å²) in [6.07, 6.45) is 1.71. The maximum atomic E-state index is 8.61. The Morgan fingerprint density at radius 3 is 3.21 bits per heavy atom. The SMILES string of the molecule is Cc1[nH]nc2nc(NCCO)ncc12. The number of aliphatic hydroxyl groups is 1. The molecule has 0 spiro atoms. The molecular formula is C8H11N5O. The molecule has 74 valence electrons. The number of aromatic amines is 1. The van der Waals surface area contributed by atoms with E-state index in [2.05, 4.69) is 25.5 Å². The van der Waals surface area contributed by atoms with E-state index in [9.17, 15) is 0 Å². The Labute approximate surface area is 80.4 Å². The Balaban J connectivity index is 2.32. The first kappa shape index (κ1) is 8.89. The highest BCUT2D eigenvalue weighted by Gasteiger charge is 2.04. The molecule has 0 aliphatic carbocycles. The van der Waals surface area contributed by atoms with Gasteiger partial charge in [0.1, 0.15) is 0 Å². The van der Waals surface area contributed by atoms with Crippen molar-refractivity contribution in [1.29, 1.82) is 0 Å². The first-order valence-corrected chi connectivity index (χ1v) is 4.33. The van der Waals surface area contributed by atoms with Crippen molar-refractivity contribution in [3.8, 4) is 0 Å². The van der Waals surface area contributed by atoms with Gasteiger partial charge in [-0.2, -0.15) is 10.1 Å². The lowest BCUT2D eigenvalue weighted by molar-refractivity contribution is 0.311. The van der Waals surface area contributed by atoms with Crippen LogP contribution in [0.25, 0.3) is 11.0 Å². The number of rotatable bonds is 3. The molecule has 0 aliphatic heterocycles. The van der Waals surface area contributed by atoms with Crippen LogP contribution in [0.5, 0.6) is 0 Å². The number of anilines is 1. The molecule has 0 saturated carbocycles. The van der Waals surface area contributed by atoms with Crippen LogP contribution in [0.15, 0.2) is 6.20 Å². The van der Waals surface area contributed by atoms with Gasteiger partial charge in [0.2, 0.25) is 5.95 Å². The molecule has 6 heteroatoms. The molecule has 3 N–H and O–H groups in total. The minimum absolute atomic E-state index is 0.0565. The number of aliphatic hydroxyl groups excluding tert-OH is 1. The van der Waals surface area contributed by atoms with Crippen LogP contribution in [0.3, 0.4) is 0 Å². The van der Waals surface area contributed by atoms with Gasteiger partial charge in [-0.15, -0.1) is 0 Å². The average Bonchev–Trinajstić information content (AvgIpc) is 2.57. The Morgan fingerprint density at radius 2 is 2.43 bits per heavy atom. The maximum absolute atomic E-state index is 8.61. The van der Waals surface area contributed by atoms with E-state index in [4.69, 9.17) is 5.11 Å². The molecule has 2 rings (SSSR count). The smallest absolute Gasteiger partial charge is 0.224 e. The number of aryl methyl sites for hydroxylation is 1. The molecule has 0 aliphatic rings. The van der Waals surface area contributed by atoms with Gasteiger partial charge >= 0.3 is 0 Å². The summed E-state index contributed by atoms with van der Waals surface area (Å²) in [5.74, 6) is 0.484. The van der Waals surface area contributed by atoms with Gasteiger partial charge in [-0.05, 0) is 6.92 Å². The Bertz CT molecular complexity index is 438. The van der Waals surface area contributed by atoms with E-state index in [1.54, 1.807) is 6.20 Å². The number of nitrogens with zero attached hydrogens (tertiary/aromatic N) is 3. The fraction of sp³-hybridized carbons (Fsp3) is 0.375. The standard InChI is InChI=1S/C8H11N5O/c1-5-6-4-10-8(9-2-3-14)11-7(6)13-12-5/h4,14H,2-3H2,1H3,(H2,9,10,11,12,13). The van der Waals surface area contributed by atoms with Crippen LogP contribution in [0.1, 0.15) is 5.69 Å². The number of H-pyrrole nitrogens is 1. The van der Waals surface area contributed by atoms with E-state index < -0.39 is 0 Å². The summed E-state index contributed by atoms with van der Waals surface area (Å²) in [7, 11) is 0. The molecule has 6 nitrogen and oxygen atoms in total. The summed E-state index contributed by atoms with van der Waals surface area (Å²) < 4.78 is 0. The number of fused-ring (bicyclic) bond motifs is 1. The minimum Gasteiger partial charge on any atom is -0.395 e. The minimum atomic E-state index is 0.0565. The van der Waals surface area contributed by atoms with Crippen molar-refractivity contribution in [2.24, 2.45) is 0 Å². The quantitative estimate of drug-likeness (QED) is 0.642. The third kappa shape index (κ3) is 1.51. The Morgan fingerprint density at radius 1 is 1.57 bits per heavy atom. The van der Waals surface area contributed by atoms with Crippen LogP contribution >= 0.6 is 0 Å². The summed E-state index contributed by atoms with van der Waals surface area (Å²) in [5, 5.41) is 19.2. The van der Waals surface area contributed by atoms with Gasteiger partial charge in [0.25, 0.3) is 0 Å². The highest BCUT2D eigenvalue weighted by Crippen LogP contribution is 2.12. The second-order valence-corrected chi connectivity index (χ2v) is 2.93. The molecule has 0 amide bonds. The Kier molecular flexibility index (Phi) is 2.28. The monoisotopic (exact) mass is 193 g/mol. The molecule has 0 radical (unpaired) electrons. The summed E-state index contributed by atoms with van der Waals surface area (Å²) in [5.41, 5.74) is 1.59. The van der Waals surface area contributed by atoms with Crippen molar-refractivity contribution in [2.45, 2.75) is 6.92 Å². The molecule has 0 fully saturated rings. The van der Waals surface area contributed by atoms with E-state index in [0.717, 1.165) is 11.1 Å². The molecular weight excluding hydrogens is 182 g/mol. The van der Waals surface area contributed by atoms with Gasteiger partial charge in [-0.25, -0.2) is 4.98 Å². The van der Waals surface area contributed by atoms with E-state index in [1.165, 1.54) is 0 Å². The molecule has 0 saturated heterocycles. The third-order valence-electron chi connectivity index (χ3n) is 1.90. The highest BCUT2D eigenvalue weighted by molar-refractivity contribution is 5.77. The number of hydrogen-bond donors (Lipinski definition) is 3. The molecule has 0 unspecified atom stereocenters. The number of hydrogen-bond acceptors (Lipinski definition) is 5. The fourth-order valence-electron chi connectivity index (χ4n) is 1.17. The van der Waals surface area contributed by atoms with Crippen LogP contribution in [-0.4, -0.2) is 38.4 Å². The van der Waals surface area contributed by atoms with Crippen molar-refractivity contribution in [1.82, 2.24) is 20.2 Å². The van der Waals surface area contributed by atoms with Crippen molar-refractivity contribution in [2.75, 3.05) is 18.5 Å². The Hall–Kier alpha value is -1.69. The molecule has 0 bridgehead atoms. The molecule has 0 aromatic carbocycles. The summed E-state index contributed by atoms with van der Waals surface area (Å²) in [6.45, 7) is 2.41.